The second-order valence-corrected chi connectivity index (χ2v) is 7.68. The Balaban J connectivity index is 1.56. The predicted octanol–water partition coefficient (Wildman–Crippen LogP) is 1.38. The Hall–Kier alpha value is -3.30. The molecule has 1 saturated heterocycles. The van der Waals surface area contributed by atoms with E-state index in [0.29, 0.717) is 36.8 Å². The van der Waals surface area contributed by atoms with Crippen LogP contribution >= 0.6 is 0 Å². The molecule has 0 radical (unpaired) electrons. The van der Waals surface area contributed by atoms with Gasteiger partial charge in [0.1, 0.15) is 0 Å². The minimum Gasteiger partial charge on any atom is -0.379 e. The molecule has 1 atom stereocenters. The normalized spacial score (nSPS) is 15.5. The molecular weight excluding hydrogens is 396 g/mol. The molecule has 9 nitrogen and oxygen atoms in total. The predicted molar refractivity (Wildman–Crippen MR) is 115 cm³/mol. The van der Waals surface area contributed by atoms with Gasteiger partial charge in [-0.15, -0.1) is 0 Å². The Bertz CT molecular complexity index is 1080. The molecule has 3 aromatic rings. The van der Waals surface area contributed by atoms with Crippen molar-refractivity contribution in [2.75, 3.05) is 32.8 Å². The number of H-pyrrole nitrogens is 1. The number of aromatic nitrogens is 4. The zero-order valence-electron chi connectivity index (χ0n) is 17.7. The van der Waals surface area contributed by atoms with Gasteiger partial charge in [0.2, 0.25) is 0 Å². The highest BCUT2D eigenvalue weighted by Gasteiger charge is 2.23. The van der Waals surface area contributed by atoms with E-state index < -0.39 is 0 Å². The average molecular weight is 422 g/mol. The maximum absolute atomic E-state index is 13.2. The van der Waals surface area contributed by atoms with Crippen LogP contribution in [0.1, 0.15) is 33.2 Å². The van der Waals surface area contributed by atoms with Gasteiger partial charge >= 0.3 is 0 Å². The van der Waals surface area contributed by atoms with Crippen LogP contribution < -0.4 is 10.9 Å². The van der Waals surface area contributed by atoms with Crippen LogP contribution in [0.25, 0.3) is 5.82 Å². The molecule has 1 amide bonds. The SMILES string of the molecule is Cc1ccc(C(CN2CCOCC2)NC(=O)c2cnn(-c3ccc(=O)[nH]n3)c2C)cc1. The van der Waals surface area contributed by atoms with Gasteiger partial charge in [-0.05, 0) is 25.5 Å². The van der Waals surface area contributed by atoms with Crippen molar-refractivity contribution in [2.24, 2.45) is 0 Å². The fraction of sp³-hybridized carbons (Fsp3) is 0.364. The minimum atomic E-state index is -0.296. The van der Waals surface area contributed by atoms with Gasteiger partial charge in [-0.2, -0.15) is 10.2 Å². The van der Waals surface area contributed by atoms with Crippen LogP contribution in [0, 0.1) is 13.8 Å². The van der Waals surface area contributed by atoms with E-state index in [9.17, 15) is 9.59 Å². The van der Waals surface area contributed by atoms with Crippen molar-refractivity contribution >= 4 is 5.91 Å². The number of rotatable bonds is 6. The number of carbonyl (C=O) groups is 1. The lowest BCUT2D eigenvalue weighted by atomic mass is 10.0. The summed E-state index contributed by atoms with van der Waals surface area (Å²) < 4.78 is 6.99. The van der Waals surface area contributed by atoms with Crippen LogP contribution in [-0.2, 0) is 4.74 Å². The van der Waals surface area contributed by atoms with Crippen molar-refractivity contribution in [3.8, 4) is 5.82 Å². The minimum absolute atomic E-state index is 0.167. The van der Waals surface area contributed by atoms with E-state index in [2.05, 4.69) is 49.8 Å². The van der Waals surface area contributed by atoms with Crippen LogP contribution in [-0.4, -0.2) is 63.6 Å². The topological polar surface area (TPSA) is 105 Å². The average Bonchev–Trinajstić information content (AvgIpc) is 3.16. The molecule has 1 aromatic carbocycles. The molecule has 0 saturated carbocycles. The maximum atomic E-state index is 13.2. The summed E-state index contributed by atoms with van der Waals surface area (Å²) >= 11 is 0. The second kappa shape index (κ2) is 9.23. The van der Waals surface area contributed by atoms with Gasteiger partial charge in [0.15, 0.2) is 5.82 Å². The van der Waals surface area contributed by atoms with E-state index in [4.69, 9.17) is 4.74 Å². The second-order valence-electron chi connectivity index (χ2n) is 7.68. The van der Waals surface area contributed by atoms with Crippen molar-refractivity contribution in [1.29, 1.82) is 0 Å². The molecule has 162 valence electrons. The maximum Gasteiger partial charge on any atom is 0.264 e. The van der Waals surface area contributed by atoms with Gasteiger partial charge in [0.25, 0.3) is 11.5 Å². The van der Waals surface area contributed by atoms with Crippen molar-refractivity contribution in [2.45, 2.75) is 19.9 Å². The number of hydrogen-bond acceptors (Lipinski definition) is 6. The number of benzene rings is 1. The van der Waals surface area contributed by atoms with E-state index in [-0.39, 0.29) is 17.5 Å². The van der Waals surface area contributed by atoms with Crippen LogP contribution in [0.5, 0.6) is 0 Å². The fourth-order valence-corrected chi connectivity index (χ4v) is 3.63. The Morgan fingerprint density at radius 1 is 1.16 bits per heavy atom. The van der Waals surface area contributed by atoms with Crippen molar-refractivity contribution in [3.05, 3.63) is 75.3 Å². The van der Waals surface area contributed by atoms with E-state index >= 15 is 0 Å². The van der Waals surface area contributed by atoms with Gasteiger partial charge in [-0.3, -0.25) is 14.5 Å². The molecule has 1 aliphatic heterocycles. The highest BCUT2D eigenvalue weighted by Crippen LogP contribution is 2.19. The molecule has 2 N–H and O–H groups in total. The molecule has 1 unspecified atom stereocenters. The number of amides is 1. The number of aryl methyl sites for hydroxylation is 1. The number of ether oxygens (including phenoxy) is 1. The van der Waals surface area contributed by atoms with Gasteiger partial charge in [-0.25, -0.2) is 9.78 Å². The number of nitrogens with one attached hydrogen (secondary N) is 2. The zero-order valence-corrected chi connectivity index (χ0v) is 17.7. The van der Waals surface area contributed by atoms with Crippen molar-refractivity contribution < 1.29 is 9.53 Å². The molecule has 2 aromatic heterocycles. The first-order chi connectivity index (χ1) is 15.0. The van der Waals surface area contributed by atoms with Gasteiger partial charge < -0.3 is 10.1 Å². The first-order valence-electron chi connectivity index (χ1n) is 10.3. The molecule has 9 heteroatoms. The Labute approximate surface area is 180 Å². The van der Waals surface area contributed by atoms with Gasteiger partial charge in [-0.1, -0.05) is 29.8 Å². The third-order valence-corrected chi connectivity index (χ3v) is 5.47. The Morgan fingerprint density at radius 2 is 1.90 bits per heavy atom. The molecule has 1 aliphatic rings. The van der Waals surface area contributed by atoms with E-state index in [1.54, 1.807) is 13.0 Å². The quantitative estimate of drug-likeness (QED) is 0.622. The largest absolute Gasteiger partial charge is 0.379 e. The highest BCUT2D eigenvalue weighted by atomic mass is 16.5. The third-order valence-electron chi connectivity index (χ3n) is 5.47. The summed E-state index contributed by atoms with van der Waals surface area (Å²) in [5.74, 6) is 0.242. The molecule has 0 spiro atoms. The lowest BCUT2D eigenvalue weighted by Crippen LogP contribution is -2.43. The van der Waals surface area contributed by atoms with Crippen LogP contribution in [0.15, 0.2) is 47.4 Å². The lowest BCUT2D eigenvalue weighted by Gasteiger charge is -2.31. The third kappa shape index (κ3) is 4.89. The number of hydrogen-bond donors (Lipinski definition) is 2. The monoisotopic (exact) mass is 422 g/mol. The molecule has 31 heavy (non-hydrogen) atoms. The van der Waals surface area contributed by atoms with E-state index in [0.717, 1.165) is 18.7 Å². The van der Waals surface area contributed by atoms with Crippen LogP contribution in [0.3, 0.4) is 0 Å². The number of nitrogens with zero attached hydrogens (tertiary/aromatic N) is 4. The summed E-state index contributed by atoms with van der Waals surface area (Å²) in [5, 5.41) is 13.8. The van der Waals surface area contributed by atoms with Crippen LogP contribution in [0.2, 0.25) is 0 Å². The molecular formula is C22H26N6O3. The Morgan fingerprint density at radius 3 is 2.58 bits per heavy atom. The van der Waals surface area contributed by atoms with Crippen LogP contribution in [0.4, 0.5) is 0 Å². The molecule has 0 bridgehead atoms. The summed E-state index contributed by atoms with van der Waals surface area (Å²) in [7, 11) is 0. The van der Waals surface area contributed by atoms with E-state index in [1.807, 2.05) is 6.92 Å². The summed E-state index contributed by atoms with van der Waals surface area (Å²) in [4.78, 5) is 26.7. The van der Waals surface area contributed by atoms with E-state index in [1.165, 1.54) is 22.5 Å². The zero-order chi connectivity index (χ0) is 21.8. The van der Waals surface area contributed by atoms with Gasteiger partial charge in [0, 0.05) is 25.7 Å². The number of morpholine rings is 1. The van der Waals surface area contributed by atoms with Crippen molar-refractivity contribution in [1.82, 2.24) is 30.2 Å². The first-order valence-corrected chi connectivity index (χ1v) is 10.3. The molecule has 3 heterocycles. The first kappa shape index (κ1) is 21.0. The molecule has 0 aliphatic carbocycles. The van der Waals surface area contributed by atoms with Crippen molar-refractivity contribution in [3.63, 3.8) is 0 Å². The smallest absolute Gasteiger partial charge is 0.264 e. The highest BCUT2D eigenvalue weighted by molar-refractivity contribution is 5.95. The number of aromatic amines is 1. The number of carbonyl (C=O) groups excluding carboxylic acids is 1. The lowest BCUT2D eigenvalue weighted by molar-refractivity contribution is 0.0332. The Kier molecular flexibility index (Phi) is 6.24. The summed E-state index contributed by atoms with van der Waals surface area (Å²) in [6, 6.07) is 11.0. The molecule has 4 rings (SSSR count). The summed E-state index contributed by atoms with van der Waals surface area (Å²) in [6.45, 7) is 7.63. The van der Waals surface area contributed by atoms with Gasteiger partial charge in [0.05, 0.1) is 36.7 Å². The summed E-state index contributed by atoms with van der Waals surface area (Å²) in [6.07, 6.45) is 1.53. The molecule has 1 fully saturated rings. The summed E-state index contributed by atoms with van der Waals surface area (Å²) in [5.41, 5.74) is 3.04. The fourth-order valence-electron chi connectivity index (χ4n) is 3.63. The standard InChI is InChI=1S/C22H26N6O3/c1-15-3-5-17(6-4-15)19(14-27-9-11-31-12-10-27)24-22(30)18-13-23-28(16(18)2)20-7-8-21(29)26-25-20/h3-8,13,19H,9-12,14H2,1-2H3,(H,24,30)(H,26,29).